The Hall–Kier alpha value is -2.15. The van der Waals surface area contributed by atoms with Gasteiger partial charge in [0.25, 0.3) is 5.91 Å². The normalized spacial score (nSPS) is 14.7. The van der Waals surface area contributed by atoms with Crippen molar-refractivity contribution in [2.75, 3.05) is 13.1 Å². The molecule has 4 rings (SSSR count). The lowest BCUT2D eigenvalue weighted by molar-refractivity contribution is 0.0772. The molecule has 1 amide bonds. The van der Waals surface area contributed by atoms with Gasteiger partial charge in [-0.3, -0.25) is 9.78 Å². The Bertz CT molecular complexity index is 944. The number of carbonyl (C=O) groups excluding carboxylic acids is 1. The fourth-order valence-electron chi connectivity index (χ4n) is 3.10. The van der Waals surface area contributed by atoms with Gasteiger partial charge in [-0.15, -0.1) is 0 Å². The van der Waals surface area contributed by atoms with Gasteiger partial charge in [0, 0.05) is 34.6 Å². The third-order valence-corrected chi connectivity index (χ3v) is 5.32. The molecule has 0 radical (unpaired) electrons. The van der Waals surface area contributed by atoms with Crippen LogP contribution in [-0.4, -0.2) is 33.9 Å². The van der Waals surface area contributed by atoms with Crippen LogP contribution in [0.2, 0.25) is 0 Å². The molecule has 0 atom stereocenters. The summed E-state index contributed by atoms with van der Waals surface area (Å²) < 4.78 is 0.996. The molecule has 1 aliphatic rings. The van der Waals surface area contributed by atoms with Crippen LogP contribution in [0.15, 0.2) is 54.9 Å². The first kappa shape index (κ1) is 15.4. The summed E-state index contributed by atoms with van der Waals surface area (Å²) in [5.74, 6) is 0.104. The number of nitrogens with one attached hydrogen (secondary N) is 1. The smallest absolute Gasteiger partial charge is 0.255 e. The van der Waals surface area contributed by atoms with Gasteiger partial charge in [0.2, 0.25) is 0 Å². The number of aromatic amines is 1. The summed E-state index contributed by atoms with van der Waals surface area (Å²) in [5, 5.41) is 0. The summed E-state index contributed by atoms with van der Waals surface area (Å²) in [4.78, 5) is 22.3. The van der Waals surface area contributed by atoms with E-state index >= 15 is 0 Å². The maximum atomic E-state index is 12.7. The summed E-state index contributed by atoms with van der Waals surface area (Å²) in [7, 11) is 0. The summed E-state index contributed by atoms with van der Waals surface area (Å²) in [6.07, 6.45) is 6.82. The van der Waals surface area contributed by atoms with E-state index in [4.69, 9.17) is 0 Å². The van der Waals surface area contributed by atoms with E-state index in [1.165, 1.54) is 5.57 Å². The lowest BCUT2D eigenvalue weighted by Gasteiger charge is -2.26. The minimum absolute atomic E-state index is 0.104. The van der Waals surface area contributed by atoms with Crippen LogP contribution in [-0.2, 0) is 0 Å². The minimum Gasteiger partial charge on any atom is -0.359 e. The summed E-state index contributed by atoms with van der Waals surface area (Å²) in [5.41, 5.74) is 5.23. The molecule has 120 valence electrons. The number of H-pyrrole nitrogens is 1. The molecule has 0 saturated carbocycles. The summed E-state index contributed by atoms with van der Waals surface area (Å²) >= 11 is 2.22. The summed E-state index contributed by atoms with van der Waals surface area (Å²) in [6, 6.07) is 11.7. The quantitative estimate of drug-likeness (QED) is 0.624. The molecule has 0 bridgehead atoms. The number of carbonyl (C=O) groups is 1. The molecule has 0 aliphatic carbocycles. The van der Waals surface area contributed by atoms with Gasteiger partial charge in [0.05, 0.1) is 16.6 Å². The third kappa shape index (κ3) is 2.73. The molecule has 3 heterocycles. The van der Waals surface area contributed by atoms with Gasteiger partial charge in [-0.25, -0.2) is 0 Å². The van der Waals surface area contributed by atoms with E-state index in [2.05, 4.69) is 38.6 Å². The molecular weight excluding hydrogens is 413 g/mol. The average Bonchev–Trinajstić information content (AvgIpc) is 3.06. The van der Waals surface area contributed by atoms with Crippen LogP contribution < -0.4 is 0 Å². The molecule has 0 saturated heterocycles. The van der Waals surface area contributed by atoms with Crippen molar-refractivity contribution >= 4 is 45.1 Å². The molecule has 1 aromatic carbocycles. The monoisotopic (exact) mass is 429 g/mol. The fraction of sp³-hybridized carbons (Fsp3) is 0.158. The Morgan fingerprint density at radius 1 is 1.21 bits per heavy atom. The lowest BCUT2D eigenvalue weighted by Crippen LogP contribution is -2.35. The second-order valence-corrected chi connectivity index (χ2v) is 6.97. The summed E-state index contributed by atoms with van der Waals surface area (Å²) in [6.45, 7) is 1.37. The second kappa shape index (κ2) is 6.39. The van der Waals surface area contributed by atoms with Crippen LogP contribution in [0.25, 0.3) is 16.6 Å². The average molecular weight is 429 g/mol. The Morgan fingerprint density at radius 3 is 2.88 bits per heavy atom. The molecule has 1 N–H and O–H groups in total. The number of hydrogen-bond acceptors (Lipinski definition) is 2. The molecule has 0 spiro atoms. The van der Waals surface area contributed by atoms with Gasteiger partial charge in [0.15, 0.2) is 0 Å². The standard InChI is InChI=1S/C19H16IN3O/c20-16-5-2-1-4-14(16)19(24)23-10-7-13(8-11-23)15-12-22-17-6-3-9-21-18(15)17/h1-7,9,12,22H,8,10-11H2. The van der Waals surface area contributed by atoms with E-state index < -0.39 is 0 Å². The van der Waals surface area contributed by atoms with Crippen LogP contribution in [0.4, 0.5) is 0 Å². The molecule has 1 aliphatic heterocycles. The Morgan fingerprint density at radius 2 is 2.08 bits per heavy atom. The minimum atomic E-state index is 0.104. The van der Waals surface area contributed by atoms with Crippen molar-refractivity contribution in [2.45, 2.75) is 6.42 Å². The molecular formula is C19H16IN3O. The van der Waals surface area contributed by atoms with Crippen molar-refractivity contribution in [3.05, 3.63) is 69.6 Å². The second-order valence-electron chi connectivity index (χ2n) is 5.81. The topological polar surface area (TPSA) is 49.0 Å². The molecule has 5 heteroatoms. The Labute approximate surface area is 153 Å². The van der Waals surface area contributed by atoms with E-state index in [1.54, 1.807) is 0 Å². The first-order valence-electron chi connectivity index (χ1n) is 7.89. The Kier molecular flexibility index (Phi) is 4.10. The predicted octanol–water partition coefficient (Wildman–Crippen LogP) is 4.10. The van der Waals surface area contributed by atoms with Gasteiger partial charge < -0.3 is 9.88 Å². The van der Waals surface area contributed by atoms with Gasteiger partial charge in [0.1, 0.15) is 0 Å². The van der Waals surface area contributed by atoms with Crippen molar-refractivity contribution in [1.82, 2.24) is 14.9 Å². The highest BCUT2D eigenvalue weighted by Crippen LogP contribution is 2.28. The number of nitrogens with zero attached hydrogens (tertiary/aromatic N) is 2. The van der Waals surface area contributed by atoms with Crippen LogP contribution in [0, 0.1) is 3.57 Å². The molecule has 4 nitrogen and oxygen atoms in total. The van der Waals surface area contributed by atoms with Crippen molar-refractivity contribution in [1.29, 1.82) is 0 Å². The van der Waals surface area contributed by atoms with Gasteiger partial charge in [-0.05, 0) is 58.9 Å². The highest BCUT2D eigenvalue weighted by molar-refractivity contribution is 14.1. The molecule has 0 fully saturated rings. The van der Waals surface area contributed by atoms with Crippen molar-refractivity contribution in [3.8, 4) is 0 Å². The van der Waals surface area contributed by atoms with Gasteiger partial charge in [-0.1, -0.05) is 18.2 Å². The van der Waals surface area contributed by atoms with Crippen LogP contribution in [0.3, 0.4) is 0 Å². The van der Waals surface area contributed by atoms with Crippen LogP contribution >= 0.6 is 22.6 Å². The van der Waals surface area contributed by atoms with E-state index in [0.717, 1.165) is 38.7 Å². The number of fused-ring (bicyclic) bond motifs is 1. The van der Waals surface area contributed by atoms with Crippen LogP contribution in [0.1, 0.15) is 22.3 Å². The van der Waals surface area contributed by atoms with E-state index in [1.807, 2.05) is 53.7 Å². The number of amides is 1. The Balaban J connectivity index is 1.57. The highest BCUT2D eigenvalue weighted by Gasteiger charge is 2.21. The van der Waals surface area contributed by atoms with Gasteiger partial charge in [-0.2, -0.15) is 0 Å². The lowest BCUT2D eigenvalue weighted by atomic mass is 10.0. The van der Waals surface area contributed by atoms with Crippen molar-refractivity contribution < 1.29 is 4.79 Å². The maximum Gasteiger partial charge on any atom is 0.255 e. The molecule has 2 aromatic heterocycles. The van der Waals surface area contributed by atoms with E-state index in [0.29, 0.717) is 6.54 Å². The third-order valence-electron chi connectivity index (χ3n) is 4.38. The zero-order valence-electron chi connectivity index (χ0n) is 13.0. The first-order valence-corrected chi connectivity index (χ1v) is 8.97. The first-order chi connectivity index (χ1) is 11.7. The number of hydrogen-bond donors (Lipinski definition) is 1. The zero-order chi connectivity index (χ0) is 16.5. The number of halogens is 1. The molecule has 3 aromatic rings. The van der Waals surface area contributed by atoms with Gasteiger partial charge >= 0.3 is 0 Å². The maximum absolute atomic E-state index is 12.7. The largest absolute Gasteiger partial charge is 0.359 e. The number of pyridine rings is 1. The van der Waals surface area contributed by atoms with Crippen LogP contribution in [0.5, 0.6) is 0 Å². The van der Waals surface area contributed by atoms with Crippen molar-refractivity contribution in [3.63, 3.8) is 0 Å². The highest BCUT2D eigenvalue weighted by atomic mass is 127. The number of aromatic nitrogens is 2. The molecule has 0 unspecified atom stereocenters. The fourth-order valence-corrected chi connectivity index (χ4v) is 3.72. The van der Waals surface area contributed by atoms with Crippen molar-refractivity contribution in [2.24, 2.45) is 0 Å². The number of benzene rings is 1. The van der Waals surface area contributed by atoms with E-state index in [9.17, 15) is 4.79 Å². The molecule has 24 heavy (non-hydrogen) atoms. The van der Waals surface area contributed by atoms with E-state index in [-0.39, 0.29) is 5.91 Å². The zero-order valence-corrected chi connectivity index (χ0v) is 15.2. The number of rotatable bonds is 2. The SMILES string of the molecule is O=C(c1ccccc1I)N1CC=C(c2c[nH]c3cccnc23)CC1. The predicted molar refractivity (Wildman–Crippen MR) is 104 cm³/mol.